The van der Waals surface area contributed by atoms with Gasteiger partial charge >= 0.3 is 0 Å². The third-order valence-electron chi connectivity index (χ3n) is 11.6. The average Bonchev–Trinajstić information content (AvgIpc) is 3.13. The highest BCUT2D eigenvalue weighted by Crippen LogP contribution is 2.55. The van der Waals surface area contributed by atoms with Gasteiger partial charge in [0.05, 0.1) is 10.6 Å². The number of anilines is 2. The lowest BCUT2D eigenvalue weighted by atomic mass is 9.49. The Bertz CT molecular complexity index is 1850. The Morgan fingerprint density at radius 2 is 1.67 bits per heavy atom. The molecule has 3 aromatic carbocycles. The van der Waals surface area contributed by atoms with E-state index >= 15 is 0 Å². The largest absolute Gasteiger partial charge is 0.489 e. The molecular formula is C41H47ClN6O3. The van der Waals surface area contributed by atoms with Crippen LogP contribution in [0.1, 0.15) is 72.4 Å². The van der Waals surface area contributed by atoms with Crippen LogP contribution in [0.25, 0.3) is 0 Å². The van der Waals surface area contributed by atoms with Gasteiger partial charge in [0.1, 0.15) is 24.5 Å². The Labute approximate surface area is 306 Å². The number of hydrogen-bond donors (Lipinski definition) is 1. The van der Waals surface area contributed by atoms with Gasteiger partial charge in [-0.1, -0.05) is 51.4 Å². The number of Topliss-reactive ketones (excluding diaryl/α,β-unsaturated/α-hetero) is 1. The van der Waals surface area contributed by atoms with E-state index in [-0.39, 0.29) is 41.2 Å². The van der Waals surface area contributed by atoms with E-state index in [9.17, 15) is 14.9 Å². The van der Waals surface area contributed by atoms with Crippen LogP contribution < -0.4 is 19.9 Å². The SMILES string of the molecule is CC1(C)[C@H](NC(=O)c2ccc(N3CCC(CN4CCN(c5cccc6c5C=NCC6=O)CC4)CC3)cc2)C(C)(C)[C@H]1Oc1ccc(C#N)c(Cl)c1. The lowest BCUT2D eigenvalue weighted by Crippen LogP contribution is -2.74. The molecule has 0 radical (unpaired) electrons. The third kappa shape index (κ3) is 6.84. The van der Waals surface area contributed by atoms with Crippen LogP contribution in [-0.4, -0.2) is 87.3 Å². The zero-order valence-electron chi connectivity index (χ0n) is 30.0. The minimum atomic E-state index is -0.324. The second-order valence-corrected chi connectivity index (χ2v) is 16.1. The van der Waals surface area contributed by atoms with Gasteiger partial charge in [0.2, 0.25) is 0 Å². The summed E-state index contributed by atoms with van der Waals surface area (Å²) in [5.41, 5.74) is 4.47. The number of carbonyl (C=O) groups is 2. The molecule has 3 aromatic rings. The monoisotopic (exact) mass is 706 g/mol. The maximum Gasteiger partial charge on any atom is 0.251 e. The van der Waals surface area contributed by atoms with Crippen molar-refractivity contribution in [3.63, 3.8) is 0 Å². The van der Waals surface area contributed by atoms with Crippen LogP contribution in [-0.2, 0) is 0 Å². The van der Waals surface area contributed by atoms with E-state index in [1.54, 1.807) is 18.2 Å². The van der Waals surface area contributed by atoms with Crippen LogP contribution in [0, 0.1) is 28.1 Å². The summed E-state index contributed by atoms with van der Waals surface area (Å²) in [5, 5.41) is 12.9. The quantitative estimate of drug-likeness (QED) is 0.286. The lowest BCUT2D eigenvalue weighted by Gasteiger charge is -2.63. The molecule has 1 aliphatic carbocycles. The van der Waals surface area contributed by atoms with Gasteiger partial charge in [0.25, 0.3) is 5.91 Å². The van der Waals surface area contributed by atoms with Crippen LogP contribution in [0.5, 0.6) is 5.75 Å². The first kappa shape index (κ1) is 35.0. The maximum atomic E-state index is 13.5. The molecule has 51 heavy (non-hydrogen) atoms. The number of nitrogens with one attached hydrogen (secondary N) is 1. The number of benzene rings is 3. The molecule has 10 heteroatoms. The van der Waals surface area contributed by atoms with Crippen molar-refractivity contribution in [2.24, 2.45) is 21.7 Å². The summed E-state index contributed by atoms with van der Waals surface area (Å²) in [4.78, 5) is 37.5. The summed E-state index contributed by atoms with van der Waals surface area (Å²) in [6.45, 7) is 15.8. The van der Waals surface area contributed by atoms with Crippen LogP contribution >= 0.6 is 11.6 Å². The number of nitrogens with zero attached hydrogens (tertiary/aromatic N) is 5. The minimum Gasteiger partial charge on any atom is -0.489 e. The highest BCUT2D eigenvalue weighted by Gasteiger charge is 2.64. The van der Waals surface area contributed by atoms with Gasteiger partial charge in [-0.15, -0.1) is 0 Å². The van der Waals surface area contributed by atoms with Crippen molar-refractivity contribution < 1.29 is 14.3 Å². The van der Waals surface area contributed by atoms with E-state index in [1.807, 2.05) is 30.5 Å². The predicted molar refractivity (Wildman–Crippen MR) is 203 cm³/mol. The topological polar surface area (TPSA) is 101 Å². The predicted octanol–water partition coefficient (Wildman–Crippen LogP) is 6.48. The number of halogens is 1. The van der Waals surface area contributed by atoms with Crippen LogP contribution in [0.2, 0.25) is 5.02 Å². The second kappa shape index (κ2) is 14.0. The van der Waals surface area contributed by atoms with Gasteiger partial charge in [0, 0.05) is 103 Å². The van der Waals surface area contributed by atoms with E-state index in [2.05, 4.69) is 77.0 Å². The normalized spacial score (nSPS) is 22.9. The number of fused-ring (bicyclic) bond motifs is 1. The summed E-state index contributed by atoms with van der Waals surface area (Å²) in [6.07, 6.45) is 4.01. The summed E-state index contributed by atoms with van der Waals surface area (Å²) in [7, 11) is 0. The van der Waals surface area contributed by atoms with Crippen molar-refractivity contribution >= 4 is 40.9 Å². The number of carbonyl (C=O) groups excluding carboxylic acids is 2. The smallest absolute Gasteiger partial charge is 0.251 e. The first-order valence-corrected chi connectivity index (χ1v) is 18.5. The highest BCUT2D eigenvalue weighted by atomic mass is 35.5. The van der Waals surface area contributed by atoms with Crippen molar-refractivity contribution in [3.05, 3.63) is 87.9 Å². The molecule has 3 fully saturated rings. The molecular weight excluding hydrogens is 660 g/mol. The molecule has 3 aliphatic heterocycles. The molecule has 266 valence electrons. The first-order valence-electron chi connectivity index (χ1n) is 18.1. The lowest BCUT2D eigenvalue weighted by molar-refractivity contribution is -0.164. The average molecular weight is 707 g/mol. The van der Waals surface area contributed by atoms with E-state index in [0.29, 0.717) is 27.8 Å². The number of amides is 1. The highest BCUT2D eigenvalue weighted by molar-refractivity contribution is 6.31. The van der Waals surface area contributed by atoms with Gasteiger partial charge < -0.3 is 19.9 Å². The molecule has 1 N–H and O–H groups in total. The molecule has 0 bridgehead atoms. The molecule has 0 spiro atoms. The molecule has 7 rings (SSSR count). The van der Waals surface area contributed by atoms with Crippen molar-refractivity contribution in [3.8, 4) is 11.8 Å². The molecule has 0 aromatic heterocycles. The van der Waals surface area contributed by atoms with Gasteiger partial charge in [-0.3, -0.25) is 19.5 Å². The standard InChI is InChI=1S/C41H47ClN6O3/c1-40(2)38(41(3,4)39(40)51-31-13-10-29(23-43)34(42)22-31)45-37(50)28-8-11-30(12-9-28)47-16-14-27(15-17-47)26-46-18-20-48(21-19-46)35-7-5-6-32-33(35)24-44-25-36(32)49/h5-13,22,24,27,38-39H,14-21,25-26H2,1-4H3,(H,45,50)/t38-,39-. The Morgan fingerprint density at radius 1 is 0.961 bits per heavy atom. The summed E-state index contributed by atoms with van der Waals surface area (Å²) < 4.78 is 6.38. The fourth-order valence-electron chi connectivity index (χ4n) is 9.06. The van der Waals surface area contributed by atoms with E-state index < -0.39 is 0 Å². The number of piperazine rings is 1. The third-order valence-corrected chi connectivity index (χ3v) is 11.9. The maximum absolute atomic E-state index is 13.5. The van der Waals surface area contributed by atoms with Crippen molar-refractivity contribution in [1.82, 2.24) is 10.2 Å². The Balaban J connectivity index is 0.877. The van der Waals surface area contributed by atoms with Gasteiger partial charge in [0.15, 0.2) is 5.78 Å². The summed E-state index contributed by atoms with van der Waals surface area (Å²) in [5.74, 6) is 1.31. The number of rotatable bonds is 8. The molecule has 9 nitrogen and oxygen atoms in total. The first-order chi connectivity index (χ1) is 24.4. The fraction of sp³-hybridized carbons (Fsp3) is 0.463. The molecule has 3 heterocycles. The number of piperidine rings is 1. The molecule has 2 saturated heterocycles. The van der Waals surface area contributed by atoms with Crippen molar-refractivity contribution in [2.75, 3.05) is 62.2 Å². The Kier molecular flexibility index (Phi) is 9.59. The summed E-state index contributed by atoms with van der Waals surface area (Å²) >= 11 is 6.25. The molecule has 0 atom stereocenters. The van der Waals surface area contributed by atoms with E-state index in [1.165, 1.54) is 0 Å². The summed E-state index contributed by atoms with van der Waals surface area (Å²) in [6, 6.07) is 21.2. The van der Waals surface area contributed by atoms with E-state index in [0.717, 1.165) is 81.2 Å². The second-order valence-electron chi connectivity index (χ2n) is 15.7. The van der Waals surface area contributed by atoms with Crippen LogP contribution in [0.4, 0.5) is 11.4 Å². The zero-order valence-corrected chi connectivity index (χ0v) is 30.7. The Hall–Kier alpha value is -4.39. The molecule has 1 saturated carbocycles. The van der Waals surface area contributed by atoms with Crippen molar-refractivity contribution in [2.45, 2.75) is 52.7 Å². The Morgan fingerprint density at radius 3 is 2.33 bits per heavy atom. The minimum absolute atomic E-state index is 0.0832. The fourth-order valence-corrected chi connectivity index (χ4v) is 9.27. The van der Waals surface area contributed by atoms with E-state index in [4.69, 9.17) is 16.3 Å². The molecule has 4 aliphatic rings. The van der Waals surface area contributed by atoms with Crippen LogP contribution in [0.3, 0.4) is 0 Å². The van der Waals surface area contributed by atoms with Crippen LogP contribution in [0.15, 0.2) is 65.7 Å². The van der Waals surface area contributed by atoms with Gasteiger partial charge in [-0.05, 0) is 61.2 Å². The number of nitriles is 1. The number of ketones is 1. The molecule has 0 unspecified atom stereocenters. The van der Waals surface area contributed by atoms with Gasteiger partial charge in [-0.2, -0.15) is 5.26 Å². The van der Waals surface area contributed by atoms with Crippen molar-refractivity contribution in [1.29, 1.82) is 5.26 Å². The molecule has 1 amide bonds. The number of hydrogen-bond acceptors (Lipinski definition) is 8. The number of aliphatic imine (C=N–C) groups is 1. The van der Waals surface area contributed by atoms with Gasteiger partial charge in [-0.25, -0.2) is 0 Å². The number of ether oxygens (including phenoxy) is 1. The zero-order chi connectivity index (χ0) is 35.9.